The van der Waals surface area contributed by atoms with Crippen molar-refractivity contribution < 1.29 is 13.2 Å². The normalized spacial score (nSPS) is 11.3. The van der Waals surface area contributed by atoms with Gasteiger partial charge in [0, 0.05) is 16.9 Å². The van der Waals surface area contributed by atoms with Crippen molar-refractivity contribution >= 4 is 61.8 Å². The first kappa shape index (κ1) is 21.2. The van der Waals surface area contributed by atoms with Crippen LogP contribution in [-0.2, 0) is 10.0 Å². The number of sulfonamides is 1. The zero-order chi connectivity index (χ0) is 22.0. The standard InChI is InChI=1S/C18H12Cl2N6O3S2/c19-16-9-15(17(20)30-16)31(28,29)23-13-3-1-11(2-4-13)18(27)22-12-5-7-14(8-6-12)26-10-21-24-25-26/h1-10,23H,(H,22,27). The predicted octanol–water partition coefficient (Wildman–Crippen LogP) is 4.08. The Morgan fingerprint density at radius 1 is 1.00 bits per heavy atom. The average Bonchev–Trinajstić information content (AvgIpc) is 3.39. The Labute approximate surface area is 190 Å². The van der Waals surface area contributed by atoms with Crippen molar-refractivity contribution in [3.05, 3.63) is 75.2 Å². The molecule has 1 amide bonds. The number of carbonyl (C=O) groups excluding carboxylic acids is 1. The Hall–Kier alpha value is -2.99. The third-order valence-electron chi connectivity index (χ3n) is 4.05. The molecule has 0 bridgehead atoms. The van der Waals surface area contributed by atoms with E-state index in [2.05, 4.69) is 25.6 Å². The summed E-state index contributed by atoms with van der Waals surface area (Å²) >= 11 is 12.7. The van der Waals surface area contributed by atoms with E-state index >= 15 is 0 Å². The molecule has 0 spiro atoms. The van der Waals surface area contributed by atoms with Gasteiger partial charge in [0.2, 0.25) is 0 Å². The first-order valence-corrected chi connectivity index (χ1v) is 11.6. The quantitative estimate of drug-likeness (QED) is 0.416. The van der Waals surface area contributed by atoms with Crippen LogP contribution in [0.15, 0.2) is 65.8 Å². The number of hydrogen-bond donors (Lipinski definition) is 2. The Kier molecular flexibility index (Phi) is 5.92. The summed E-state index contributed by atoms with van der Waals surface area (Å²) in [5.74, 6) is -0.350. The molecular weight excluding hydrogens is 483 g/mol. The van der Waals surface area contributed by atoms with Gasteiger partial charge in [-0.15, -0.1) is 16.4 Å². The van der Waals surface area contributed by atoms with Crippen LogP contribution in [0.2, 0.25) is 8.67 Å². The molecular formula is C18H12Cl2N6O3S2. The van der Waals surface area contributed by atoms with Crippen molar-refractivity contribution in [3.8, 4) is 5.69 Å². The van der Waals surface area contributed by atoms with Gasteiger partial charge in [-0.2, -0.15) is 0 Å². The molecule has 0 atom stereocenters. The van der Waals surface area contributed by atoms with Crippen LogP contribution >= 0.6 is 34.5 Å². The summed E-state index contributed by atoms with van der Waals surface area (Å²) in [4.78, 5) is 12.4. The van der Waals surface area contributed by atoms with Crippen LogP contribution in [0, 0.1) is 0 Å². The van der Waals surface area contributed by atoms with Gasteiger partial charge in [0.25, 0.3) is 15.9 Å². The van der Waals surface area contributed by atoms with Crippen LogP contribution < -0.4 is 10.0 Å². The topological polar surface area (TPSA) is 119 Å². The van der Waals surface area contributed by atoms with Gasteiger partial charge in [-0.25, -0.2) is 13.1 Å². The van der Waals surface area contributed by atoms with Gasteiger partial charge >= 0.3 is 0 Å². The van der Waals surface area contributed by atoms with E-state index in [0.29, 0.717) is 11.3 Å². The first-order chi connectivity index (χ1) is 14.8. The highest BCUT2D eigenvalue weighted by Gasteiger charge is 2.21. The maximum absolute atomic E-state index is 12.5. The van der Waals surface area contributed by atoms with Crippen molar-refractivity contribution in [3.63, 3.8) is 0 Å². The van der Waals surface area contributed by atoms with Gasteiger partial charge in [0.15, 0.2) is 0 Å². The molecule has 2 aromatic carbocycles. The SMILES string of the molecule is O=C(Nc1ccc(-n2cnnn2)cc1)c1ccc(NS(=O)(=O)c2cc(Cl)sc2Cl)cc1. The van der Waals surface area contributed by atoms with E-state index in [4.69, 9.17) is 23.2 Å². The Morgan fingerprint density at radius 2 is 1.68 bits per heavy atom. The number of anilines is 2. The molecule has 4 aromatic rings. The highest BCUT2D eigenvalue weighted by atomic mass is 35.5. The van der Waals surface area contributed by atoms with Gasteiger partial charge in [-0.3, -0.25) is 9.52 Å². The largest absolute Gasteiger partial charge is 0.322 e. The molecule has 0 unspecified atom stereocenters. The van der Waals surface area contributed by atoms with Crippen LogP contribution in [0.1, 0.15) is 10.4 Å². The minimum Gasteiger partial charge on any atom is -0.322 e. The summed E-state index contributed by atoms with van der Waals surface area (Å²) in [6, 6.07) is 14.2. The third-order valence-corrected chi connectivity index (χ3v) is 7.19. The van der Waals surface area contributed by atoms with E-state index in [1.165, 1.54) is 41.3 Å². The number of hydrogen-bond acceptors (Lipinski definition) is 7. The Bertz CT molecular complexity index is 1320. The summed E-state index contributed by atoms with van der Waals surface area (Å²) in [5.41, 5.74) is 1.95. The molecule has 0 aliphatic heterocycles. The molecule has 0 radical (unpaired) electrons. The van der Waals surface area contributed by atoms with Crippen LogP contribution in [0.3, 0.4) is 0 Å². The van der Waals surface area contributed by atoms with E-state index in [9.17, 15) is 13.2 Å². The Morgan fingerprint density at radius 3 is 2.26 bits per heavy atom. The molecule has 31 heavy (non-hydrogen) atoms. The molecule has 2 heterocycles. The number of aromatic nitrogens is 4. The van der Waals surface area contributed by atoms with Crippen LogP contribution in [-0.4, -0.2) is 34.5 Å². The maximum Gasteiger partial charge on any atom is 0.264 e. The molecule has 13 heteroatoms. The van der Waals surface area contributed by atoms with Crippen LogP contribution in [0.25, 0.3) is 5.69 Å². The van der Waals surface area contributed by atoms with Crippen molar-refractivity contribution in [2.45, 2.75) is 4.90 Å². The van der Waals surface area contributed by atoms with Gasteiger partial charge < -0.3 is 5.32 Å². The minimum absolute atomic E-state index is 0.0691. The first-order valence-electron chi connectivity index (χ1n) is 8.54. The molecule has 9 nitrogen and oxygen atoms in total. The highest BCUT2D eigenvalue weighted by Crippen LogP contribution is 2.35. The smallest absolute Gasteiger partial charge is 0.264 e. The number of thiophene rings is 1. The molecule has 0 saturated heterocycles. The fraction of sp³-hybridized carbons (Fsp3) is 0. The van der Waals surface area contributed by atoms with E-state index in [1.54, 1.807) is 24.3 Å². The summed E-state index contributed by atoms with van der Waals surface area (Å²) in [5, 5.41) is 13.7. The molecule has 0 aliphatic rings. The van der Waals surface area contributed by atoms with Crippen molar-refractivity contribution in [2.24, 2.45) is 0 Å². The number of nitrogens with one attached hydrogen (secondary N) is 2. The number of carbonyl (C=O) groups is 1. The van der Waals surface area contributed by atoms with E-state index in [-0.39, 0.29) is 25.2 Å². The summed E-state index contributed by atoms with van der Waals surface area (Å²) < 4.78 is 29.2. The molecule has 4 rings (SSSR count). The number of tetrazole rings is 1. The van der Waals surface area contributed by atoms with Crippen LogP contribution in [0.5, 0.6) is 0 Å². The Balaban J connectivity index is 1.43. The molecule has 2 N–H and O–H groups in total. The summed E-state index contributed by atoms with van der Waals surface area (Å²) in [6.45, 7) is 0. The van der Waals surface area contributed by atoms with Crippen LogP contribution in [0.4, 0.5) is 11.4 Å². The van der Waals surface area contributed by atoms with E-state index in [0.717, 1.165) is 17.0 Å². The molecule has 158 valence electrons. The highest BCUT2D eigenvalue weighted by molar-refractivity contribution is 7.93. The third kappa shape index (κ3) is 4.85. The van der Waals surface area contributed by atoms with Gasteiger partial charge in [-0.05, 0) is 65.0 Å². The second kappa shape index (κ2) is 8.63. The number of nitrogens with zero attached hydrogens (tertiary/aromatic N) is 4. The lowest BCUT2D eigenvalue weighted by Gasteiger charge is -2.09. The molecule has 2 aromatic heterocycles. The van der Waals surface area contributed by atoms with Crippen molar-refractivity contribution in [2.75, 3.05) is 10.0 Å². The number of halogens is 2. The van der Waals surface area contributed by atoms with Gasteiger partial charge in [0.1, 0.15) is 15.6 Å². The summed E-state index contributed by atoms with van der Waals surface area (Å²) in [7, 11) is -3.90. The summed E-state index contributed by atoms with van der Waals surface area (Å²) in [6.07, 6.45) is 1.46. The lowest BCUT2D eigenvalue weighted by molar-refractivity contribution is 0.102. The molecule has 0 aliphatic carbocycles. The van der Waals surface area contributed by atoms with Gasteiger partial charge in [-0.1, -0.05) is 23.2 Å². The molecule has 0 fully saturated rings. The van der Waals surface area contributed by atoms with E-state index < -0.39 is 10.0 Å². The predicted molar refractivity (Wildman–Crippen MR) is 119 cm³/mol. The second-order valence-electron chi connectivity index (χ2n) is 6.13. The zero-order valence-corrected chi connectivity index (χ0v) is 18.5. The maximum atomic E-state index is 12.5. The number of benzene rings is 2. The average molecular weight is 495 g/mol. The number of rotatable bonds is 6. The second-order valence-corrected chi connectivity index (χ2v) is 10.1. The number of amides is 1. The van der Waals surface area contributed by atoms with Crippen molar-refractivity contribution in [1.82, 2.24) is 20.2 Å². The van der Waals surface area contributed by atoms with Gasteiger partial charge in [0.05, 0.1) is 10.0 Å². The molecule has 0 saturated carbocycles. The zero-order valence-electron chi connectivity index (χ0n) is 15.4. The lowest BCUT2D eigenvalue weighted by atomic mass is 10.2. The lowest BCUT2D eigenvalue weighted by Crippen LogP contribution is -2.14. The van der Waals surface area contributed by atoms with Crippen molar-refractivity contribution in [1.29, 1.82) is 0 Å². The fourth-order valence-electron chi connectivity index (χ4n) is 2.59. The fourth-order valence-corrected chi connectivity index (χ4v) is 5.80. The minimum atomic E-state index is -3.90. The van der Waals surface area contributed by atoms with E-state index in [1.807, 2.05) is 0 Å². The monoisotopic (exact) mass is 494 g/mol.